The maximum atomic E-state index is 14.1. The van der Waals surface area contributed by atoms with E-state index in [1.54, 1.807) is 12.1 Å². The summed E-state index contributed by atoms with van der Waals surface area (Å²) in [5, 5.41) is 0. The van der Waals surface area contributed by atoms with E-state index in [1.807, 2.05) is 6.07 Å². The summed E-state index contributed by atoms with van der Waals surface area (Å²) in [6, 6.07) is 13.6. The van der Waals surface area contributed by atoms with Gasteiger partial charge < -0.3 is 9.47 Å². The largest absolute Gasteiger partial charge is 0.469 e. The van der Waals surface area contributed by atoms with Crippen LogP contribution in [0.3, 0.4) is 0 Å². The lowest BCUT2D eigenvalue weighted by Crippen LogP contribution is -2.31. The second-order valence-corrected chi connectivity index (χ2v) is 8.51. The Morgan fingerprint density at radius 2 is 2.03 bits per heavy atom. The Kier molecular flexibility index (Phi) is 4.88. The third kappa shape index (κ3) is 3.47. The van der Waals surface area contributed by atoms with Crippen molar-refractivity contribution < 1.29 is 18.7 Å². The van der Waals surface area contributed by atoms with Crippen LogP contribution in [0.1, 0.15) is 47.1 Å². The van der Waals surface area contributed by atoms with Crippen LogP contribution in [0.25, 0.3) is 0 Å². The Morgan fingerprint density at radius 1 is 1.21 bits per heavy atom. The summed E-state index contributed by atoms with van der Waals surface area (Å²) in [7, 11) is 1.45. The van der Waals surface area contributed by atoms with Crippen LogP contribution in [0.4, 0.5) is 4.39 Å². The topological polar surface area (TPSA) is 38.8 Å². The zero-order valence-corrected chi connectivity index (χ0v) is 16.6. The predicted molar refractivity (Wildman–Crippen MR) is 107 cm³/mol. The Labute approximate surface area is 170 Å². The van der Waals surface area contributed by atoms with E-state index >= 15 is 0 Å². The number of hydrogen-bond donors (Lipinski definition) is 0. The SMILES string of the molecule is COC(=O)C1CCN(C[C@@H]2C[C@H]3c4ccccc4Cc4ccc(F)cc4[C@@H]3O2)C1. The summed E-state index contributed by atoms with van der Waals surface area (Å²) in [4.78, 5) is 14.1. The molecule has 29 heavy (non-hydrogen) atoms. The van der Waals surface area contributed by atoms with E-state index in [-0.39, 0.29) is 35.8 Å². The quantitative estimate of drug-likeness (QED) is 0.741. The first-order chi connectivity index (χ1) is 14.1. The highest BCUT2D eigenvalue weighted by Gasteiger charge is 2.42. The molecule has 2 aromatic carbocycles. The molecule has 4 nitrogen and oxygen atoms in total. The van der Waals surface area contributed by atoms with Gasteiger partial charge in [-0.25, -0.2) is 4.39 Å². The maximum absolute atomic E-state index is 14.1. The van der Waals surface area contributed by atoms with Crippen molar-refractivity contribution in [3.63, 3.8) is 0 Å². The first kappa shape index (κ1) is 18.8. The highest BCUT2D eigenvalue weighted by Crippen LogP contribution is 2.49. The number of esters is 1. The minimum absolute atomic E-state index is 0.0394. The van der Waals surface area contributed by atoms with Gasteiger partial charge in [-0.15, -0.1) is 0 Å². The van der Waals surface area contributed by atoms with Crippen molar-refractivity contribution in [1.29, 1.82) is 0 Å². The third-order valence-corrected chi connectivity index (χ3v) is 6.74. The molecule has 4 atom stereocenters. The maximum Gasteiger partial charge on any atom is 0.310 e. The third-order valence-electron chi connectivity index (χ3n) is 6.74. The summed E-state index contributed by atoms with van der Waals surface area (Å²) >= 11 is 0. The molecule has 0 amide bonds. The summed E-state index contributed by atoms with van der Waals surface area (Å²) < 4.78 is 25.5. The van der Waals surface area contributed by atoms with Crippen LogP contribution in [-0.2, 0) is 20.7 Å². The number of fused-ring (bicyclic) bond motifs is 5. The Bertz CT molecular complexity index is 930. The van der Waals surface area contributed by atoms with Gasteiger partial charge in [-0.2, -0.15) is 0 Å². The molecule has 0 spiro atoms. The number of hydrogen-bond acceptors (Lipinski definition) is 4. The van der Waals surface area contributed by atoms with Gasteiger partial charge in [0.2, 0.25) is 0 Å². The lowest BCUT2D eigenvalue weighted by Gasteiger charge is -2.21. The molecular weight excluding hydrogens is 369 g/mol. The fourth-order valence-corrected chi connectivity index (χ4v) is 5.36. The molecule has 2 aliphatic heterocycles. The van der Waals surface area contributed by atoms with E-state index in [9.17, 15) is 9.18 Å². The van der Waals surface area contributed by atoms with E-state index in [0.29, 0.717) is 0 Å². The number of nitrogens with zero attached hydrogens (tertiary/aromatic N) is 1. The van der Waals surface area contributed by atoms with Crippen molar-refractivity contribution in [2.24, 2.45) is 5.92 Å². The van der Waals surface area contributed by atoms with E-state index in [4.69, 9.17) is 9.47 Å². The molecule has 0 radical (unpaired) electrons. The number of halogens is 1. The molecule has 0 saturated carbocycles. The molecule has 3 aliphatic rings. The van der Waals surface area contributed by atoms with Crippen LogP contribution in [0.2, 0.25) is 0 Å². The Balaban J connectivity index is 1.40. The smallest absolute Gasteiger partial charge is 0.310 e. The lowest BCUT2D eigenvalue weighted by atomic mass is 9.87. The monoisotopic (exact) mass is 395 g/mol. The van der Waals surface area contributed by atoms with Crippen molar-refractivity contribution in [2.75, 3.05) is 26.7 Å². The van der Waals surface area contributed by atoms with E-state index in [2.05, 4.69) is 29.2 Å². The fourth-order valence-electron chi connectivity index (χ4n) is 5.36. The first-order valence-electron chi connectivity index (χ1n) is 10.4. The van der Waals surface area contributed by atoms with Gasteiger partial charge >= 0.3 is 5.97 Å². The number of carbonyl (C=O) groups is 1. The fraction of sp³-hybridized carbons (Fsp3) is 0.458. The van der Waals surface area contributed by atoms with Crippen molar-refractivity contribution in [3.05, 3.63) is 70.5 Å². The van der Waals surface area contributed by atoms with Crippen molar-refractivity contribution in [2.45, 2.75) is 37.4 Å². The summed E-state index contributed by atoms with van der Waals surface area (Å²) in [5.74, 6) is -0.134. The average Bonchev–Trinajstić information content (AvgIpc) is 3.34. The summed E-state index contributed by atoms with van der Waals surface area (Å²) in [6.45, 7) is 2.41. The molecule has 152 valence electrons. The molecule has 0 aromatic heterocycles. The minimum atomic E-state index is -0.207. The van der Waals surface area contributed by atoms with Crippen LogP contribution < -0.4 is 0 Å². The van der Waals surface area contributed by atoms with Gasteiger partial charge in [0, 0.05) is 19.0 Å². The number of rotatable bonds is 3. The second-order valence-electron chi connectivity index (χ2n) is 8.51. The Hall–Kier alpha value is -2.24. The van der Waals surface area contributed by atoms with Gasteiger partial charge in [0.25, 0.3) is 0 Å². The molecule has 5 heteroatoms. The minimum Gasteiger partial charge on any atom is -0.469 e. The predicted octanol–water partition coefficient (Wildman–Crippen LogP) is 3.84. The van der Waals surface area contributed by atoms with Crippen LogP contribution in [0, 0.1) is 11.7 Å². The highest BCUT2D eigenvalue weighted by molar-refractivity contribution is 5.72. The Morgan fingerprint density at radius 3 is 2.90 bits per heavy atom. The van der Waals surface area contributed by atoms with Crippen LogP contribution in [0.5, 0.6) is 0 Å². The van der Waals surface area contributed by atoms with Gasteiger partial charge in [0.15, 0.2) is 0 Å². The summed E-state index contributed by atoms with van der Waals surface area (Å²) in [6.07, 6.45) is 2.52. The van der Waals surface area contributed by atoms with Gasteiger partial charge in [0.1, 0.15) is 5.82 Å². The molecule has 2 fully saturated rings. The number of benzene rings is 2. The lowest BCUT2D eigenvalue weighted by molar-refractivity contribution is -0.145. The first-order valence-corrected chi connectivity index (χ1v) is 10.4. The molecule has 0 bridgehead atoms. The molecule has 2 saturated heterocycles. The molecule has 2 aromatic rings. The van der Waals surface area contributed by atoms with E-state index < -0.39 is 0 Å². The van der Waals surface area contributed by atoms with Crippen LogP contribution in [0.15, 0.2) is 42.5 Å². The van der Waals surface area contributed by atoms with Gasteiger partial charge in [-0.05, 0) is 60.2 Å². The summed E-state index contributed by atoms with van der Waals surface area (Å²) in [5.41, 5.74) is 4.77. The van der Waals surface area contributed by atoms with Gasteiger partial charge in [0.05, 0.1) is 25.2 Å². The van der Waals surface area contributed by atoms with Crippen LogP contribution >= 0.6 is 0 Å². The van der Waals surface area contributed by atoms with Crippen LogP contribution in [-0.4, -0.2) is 43.7 Å². The van der Waals surface area contributed by atoms with Crippen molar-refractivity contribution in [1.82, 2.24) is 4.90 Å². The average molecular weight is 395 g/mol. The number of ether oxygens (including phenoxy) is 2. The second kappa shape index (κ2) is 7.54. The number of methoxy groups -OCH3 is 1. The van der Waals surface area contributed by atoms with Gasteiger partial charge in [-0.3, -0.25) is 9.69 Å². The highest BCUT2D eigenvalue weighted by atomic mass is 19.1. The molecule has 1 aliphatic carbocycles. The molecule has 1 unspecified atom stereocenters. The molecule has 5 rings (SSSR count). The van der Waals surface area contributed by atoms with Crippen molar-refractivity contribution in [3.8, 4) is 0 Å². The zero-order chi connectivity index (χ0) is 20.0. The van der Waals surface area contributed by atoms with Gasteiger partial charge in [-0.1, -0.05) is 30.3 Å². The molecule has 0 N–H and O–H groups in total. The normalized spacial score (nSPS) is 28.3. The molecular formula is C24H26FNO3. The standard InChI is InChI=1S/C24H26FNO3/c1-28-24(27)17-8-9-26(13-17)14-19-12-22-20-5-3-2-4-15(20)10-16-6-7-18(25)11-21(16)23(22)29-19/h2-7,11,17,19,22-23H,8-10,12-14H2,1H3/t17?,19-,22-,23-/m0/s1. The van der Waals surface area contributed by atoms with E-state index in [1.165, 1.54) is 18.2 Å². The van der Waals surface area contributed by atoms with Crippen molar-refractivity contribution >= 4 is 5.97 Å². The number of carbonyl (C=O) groups excluding carboxylic acids is 1. The number of likely N-dealkylation sites (tertiary alicyclic amines) is 1. The zero-order valence-electron chi connectivity index (χ0n) is 16.6. The van der Waals surface area contributed by atoms with E-state index in [0.717, 1.165) is 50.0 Å². The molecule has 2 heterocycles.